The number of carbonyl (C=O) groups is 3. The van der Waals surface area contributed by atoms with Crippen LogP contribution in [0.15, 0.2) is 28.7 Å². The highest BCUT2D eigenvalue weighted by atomic mass is 16.6. The summed E-state index contributed by atoms with van der Waals surface area (Å²) >= 11 is 0. The number of hydrogen-bond acceptors (Lipinski definition) is 7. The van der Waals surface area contributed by atoms with Crippen molar-refractivity contribution in [2.45, 2.75) is 90.7 Å². The molecule has 0 radical (unpaired) electrons. The van der Waals surface area contributed by atoms with Crippen LogP contribution in [0.4, 0.5) is 10.5 Å². The molecule has 2 fully saturated rings. The van der Waals surface area contributed by atoms with Crippen molar-refractivity contribution in [3.63, 3.8) is 0 Å². The third kappa shape index (κ3) is 7.77. The average Bonchev–Trinajstić information content (AvgIpc) is 3.55. The fourth-order valence-electron chi connectivity index (χ4n) is 5.86. The SMILES string of the molecule is CCOCCCCOC(=O)c1cc2cc(NC(=O)[C@@H]3[C@H](C4CCCCC4)CCN3C(=O)OC(C)(C)C)ccc2o1. The van der Waals surface area contributed by atoms with Gasteiger partial charge in [0.05, 0.1) is 6.61 Å². The lowest BCUT2D eigenvalue weighted by atomic mass is 9.76. The van der Waals surface area contributed by atoms with Crippen molar-refractivity contribution in [2.75, 3.05) is 31.7 Å². The Hall–Kier alpha value is -3.07. The molecule has 1 aliphatic carbocycles. The highest BCUT2D eigenvalue weighted by Gasteiger charge is 2.46. The molecule has 0 bridgehead atoms. The third-order valence-electron chi connectivity index (χ3n) is 7.70. The van der Waals surface area contributed by atoms with Gasteiger partial charge in [-0.15, -0.1) is 0 Å². The van der Waals surface area contributed by atoms with Crippen LogP contribution in [-0.2, 0) is 19.0 Å². The lowest BCUT2D eigenvalue weighted by Crippen LogP contribution is -2.49. The number of fused-ring (bicyclic) bond motifs is 1. The van der Waals surface area contributed by atoms with Gasteiger partial charge < -0.3 is 23.9 Å². The summed E-state index contributed by atoms with van der Waals surface area (Å²) in [6.07, 6.45) is 7.60. The summed E-state index contributed by atoms with van der Waals surface area (Å²) in [7, 11) is 0. The Balaban J connectivity index is 1.44. The lowest BCUT2D eigenvalue weighted by molar-refractivity contribution is -0.122. The van der Waals surface area contributed by atoms with Crippen molar-refractivity contribution >= 4 is 34.6 Å². The number of esters is 1. The molecule has 9 heteroatoms. The van der Waals surface area contributed by atoms with Gasteiger partial charge in [-0.2, -0.15) is 0 Å². The predicted molar refractivity (Wildman–Crippen MR) is 152 cm³/mol. The molecule has 2 aromatic rings. The molecule has 2 aliphatic rings. The van der Waals surface area contributed by atoms with Crippen LogP contribution >= 0.6 is 0 Å². The zero-order valence-corrected chi connectivity index (χ0v) is 24.3. The van der Waals surface area contributed by atoms with Gasteiger partial charge in [-0.3, -0.25) is 9.69 Å². The maximum absolute atomic E-state index is 13.7. The molecule has 1 N–H and O–H groups in total. The Morgan fingerprint density at radius 2 is 1.77 bits per heavy atom. The molecule has 9 nitrogen and oxygen atoms in total. The molecular formula is C31H44N2O7. The number of anilines is 1. The number of ether oxygens (including phenoxy) is 3. The van der Waals surface area contributed by atoms with E-state index in [1.807, 2.05) is 27.7 Å². The second kappa shape index (κ2) is 13.5. The van der Waals surface area contributed by atoms with Gasteiger partial charge >= 0.3 is 12.1 Å². The van der Waals surface area contributed by atoms with Gasteiger partial charge in [-0.05, 0) is 83.1 Å². The Bertz CT molecular complexity index is 1160. The summed E-state index contributed by atoms with van der Waals surface area (Å²) in [4.78, 5) is 40.9. The molecular weight excluding hydrogens is 512 g/mol. The van der Waals surface area contributed by atoms with Crippen LogP contribution in [-0.4, -0.2) is 60.9 Å². The van der Waals surface area contributed by atoms with Crippen molar-refractivity contribution in [1.29, 1.82) is 0 Å². The van der Waals surface area contributed by atoms with Gasteiger partial charge in [0.25, 0.3) is 0 Å². The Kier molecular flexibility index (Phi) is 10.1. The number of unbranched alkanes of at least 4 members (excludes halogenated alkanes) is 1. The largest absolute Gasteiger partial charge is 0.460 e. The van der Waals surface area contributed by atoms with Crippen molar-refractivity contribution in [2.24, 2.45) is 11.8 Å². The normalized spacial score (nSPS) is 20.1. The number of nitrogens with zero attached hydrogens (tertiary/aromatic N) is 1. The number of nitrogens with one attached hydrogen (secondary N) is 1. The maximum Gasteiger partial charge on any atom is 0.410 e. The predicted octanol–water partition coefficient (Wildman–Crippen LogP) is 6.55. The van der Waals surface area contributed by atoms with Crippen molar-refractivity contribution in [1.82, 2.24) is 4.90 Å². The molecule has 2 amide bonds. The van der Waals surface area contributed by atoms with Gasteiger partial charge in [-0.1, -0.05) is 32.1 Å². The van der Waals surface area contributed by atoms with E-state index in [2.05, 4.69) is 5.32 Å². The third-order valence-corrected chi connectivity index (χ3v) is 7.70. The topological polar surface area (TPSA) is 107 Å². The monoisotopic (exact) mass is 556 g/mol. The standard InChI is InChI=1S/C31H44N2O7/c1-5-37-17-9-10-18-38-29(35)26-20-22-19-23(13-14-25(22)39-26)32-28(34)27-24(21-11-7-6-8-12-21)15-16-33(27)30(36)40-31(2,3)4/h13-14,19-21,24,27H,5-12,15-18H2,1-4H3,(H,32,34)/t24-,27-/m0/s1. The first kappa shape index (κ1) is 29.9. The quantitative estimate of drug-likeness (QED) is 0.261. The number of rotatable bonds is 10. The average molecular weight is 557 g/mol. The maximum atomic E-state index is 13.7. The van der Waals surface area contributed by atoms with Crippen LogP contribution in [0.1, 0.15) is 89.6 Å². The Morgan fingerprint density at radius 1 is 1.02 bits per heavy atom. The number of amides is 2. The summed E-state index contributed by atoms with van der Waals surface area (Å²) in [6.45, 7) is 9.56. The number of carbonyl (C=O) groups excluding carboxylic acids is 3. The fraction of sp³-hybridized carbons (Fsp3) is 0.645. The van der Waals surface area contributed by atoms with Crippen LogP contribution < -0.4 is 5.32 Å². The first-order valence-corrected chi connectivity index (χ1v) is 14.7. The second-order valence-corrected chi connectivity index (χ2v) is 11.9. The van der Waals surface area contributed by atoms with E-state index in [-0.39, 0.29) is 17.6 Å². The minimum absolute atomic E-state index is 0.0976. The minimum Gasteiger partial charge on any atom is -0.460 e. The molecule has 4 rings (SSSR count). The van der Waals surface area contributed by atoms with E-state index in [4.69, 9.17) is 18.6 Å². The van der Waals surface area contributed by atoms with Gasteiger partial charge in [0.2, 0.25) is 11.7 Å². The first-order valence-electron chi connectivity index (χ1n) is 14.7. The molecule has 0 spiro atoms. The lowest BCUT2D eigenvalue weighted by Gasteiger charge is -2.34. The molecule has 1 saturated carbocycles. The number of likely N-dealkylation sites (tertiary alicyclic amines) is 1. The van der Waals surface area contributed by atoms with Crippen LogP contribution in [0, 0.1) is 11.8 Å². The highest BCUT2D eigenvalue weighted by molar-refractivity contribution is 5.99. The van der Waals surface area contributed by atoms with E-state index in [0.29, 0.717) is 55.4 Å². The van der Waals surface area contributed by atoms with E-state index in [9.17, 15) is 14.4 Å². The molecule has 1 aromatic carbocycles. The van der Waals surface area contributed by atoms with E-state index >= 15 is 0 Å². The van der Waals surface area contributed by atoms with Crippen molar-refractivity contribution in [3.8, 4) is 0 Å². The van der Waals surface area contributed by atoms with Crippen LogP contribution in [0.25, 0.3) is 11.0 Å². The molecule has 2 atom stereocenters. The molecule has 220 valence electrons. The van der Waals surface area contributed by atoms with Crippen molar-refractivity contribution in [3.05, 3.63) is 30.0 Å². The van der Waals surface area contributed by atoms with Gasteiger partial charge in [-0.25, -0.2) is 9.59 Å². The Labute approximate surface area is 236 Å². The van der Waals surface area contributed by atoms with Gasteiger partial charge in [0, 0.05) is 30.8 Å². The number of furan rings is 1. The highest BCUT2D eigenvalue weighted by Crippen LogP contribution is 2.40. The van der Waals surface area contributed by atoms with Gasteiger partial charge in [0.15, 0.2) is 0 Å². The zero-order chi connectivity index (χ0) is 28.7. The fourth-order valence-corrected chi connectivity index (χ4v) is 5.86. The summed E-state index contributed by atoms with van der Waals surface area (Å²) in [5, 5.41) is 3.71. The smallest absolute Gasteiger partial charge is 0.410 e. The summed E-state index contributed by atoms with van der Waals surface area (Å²) in [6, 6.07) is 6.28. The molecule has 2 heterocycles. The summed E-state index contributed by atoms with van der Waals surface area (Å²) in [5.41, 5.74) is 0.459. The van der Waals surface area contributed by atoms with E-state index in [1.165, 1.54) is 6.42 Å². The molecule has 40 heavy (non-hydrogen) atoms. The summed E-state index contributed by atoms with van der Waals surface area (Å²) < 4.78 is 22.0. The molecule has 0 unspecified atom stereocenters. The van der Waals surface area contributed by atoms with Crippen LogP contribution in [0.3, 0.4) is 0 Å². The molecule has 1 saturated heterocycles. The van der Waals surface area contributed by atoms with E-state index in [1.54, 1.807) is 29.2 Å². The Morgan fingerprint density at radius 3 is 2.50 bits per heavy atom. The second-order valence-electron chi connectivity index (χ2n) is 11.9. The first-order chi connectivity index (χ1) is 19.2. The molecule has 1 aromatic heterocycles. The van der Waals surface area contributed by atoms with Crippen LogP contribution in [0.2, 0.25) is 0 Å². The van der Waals surface area contributed by atoms with E-state index < -0.39 is 23.7 Å². The number of hydrogen-bond donors (Lipinski definition) is 1. The molecule has 1 aliphatic heterocycles. The van der Waals surface area contributed by atoms with E-state index in [0.717, 1.165) is 38.5 Å². The zero-order valence-electron chi connectivity index (χ0n) is 24.3. The summed E-state index contributed by atoms with van der Waals surface area (Å²) in [5.74, 6) is -0.102. The minimum atomic E-state index is -0.643. The van der Waals surface area contributed by atoms with Gasteiger partial charge in [0.1, 0.15) is 17.2 Å². The van der Waals surface area contributed by atoms with Crippen LogP contribution in [0.5, 0.6) is 0 Å². The number of benzene rings is 1. The van der Waals surface area contributed by atoms with Crippen molar-refractivity contribution < 1.29 is 33.0 Å².